The van der Waals surface area contributed by atoms with Crippen LogP contribution in [0.3, 0.4) is 0 Å². The first-order chi connectivity index (χ1) is 7.25. The smallest absolute Gasteiger partial charge is 0.0108 e. The van der Waals surface area contributed by atoms with Crippen LogP contribution in [0.25, 0.3) is 0 Å². The maximum Gasteiger partial charge on any atom is -0.0108 e. The lowest BCUT2D eigenvalue weighted by atomic mass is 8.94. The molecular formula is C15H18. The van der Waals surface area contributed by atoms with Gasteiger partial charge in [0.15, 0.2) is 0 Å². The van der Waals surface area contributed by atoms with Gasteiger partial charge in [0, 0.05) is 0 Å². The van der Waals surface area contributed by atoms with Crippen molar-refractivity contribution in [1.29, 1.82) is 0 Å². The summed E-state index contributed by atoms with van der Waals surface area (Å²) in [6, 6.07) is 0. The Hall–Kier alpha value is 0. The Morgan fingerprint density at radius 1 is 0.800 bits per heavy atom. The molecule has 0 amide bonds. The van der Waals surface area contributed by atoms with Crippen LogP contribution in [0.5, 0.6) is 0 Å². The number of fused-ring (bicyclic) bond motifs is 1. The minimum Gasteiger partial charge on any atom is -0.0582 e. The first-order valence-electron chi connectivity index (χ1n) is 7.25. The van der Waals surface area contributed by atoms with Crippen molar-refractivity contribution in [3.63, 3.8) is 0 Å². The number of hydrogen-bond donors (Lipinski definition) is 0. The fourth-order valence-electron chi connectivity index (χ4n) is 10.5. The Balaban J connectivity index is 1.65. The SMILES string of the molecule is CC12C3CC4CC5C6CC7CC1(C3)C76C452. The van der Waals surface area contributed by atoms with Gasteiger partial charge in [-0.15, -0.1) is 0 Å². The molecule has 0 aromatic rings. The van der Waals surface area contributed by atoms with E-state index in [-0.39, 0.29) is 0 Å². The molecule has 0 radical (unpaired) electrons. The second kappa shape index (κ2) is 1.22. The minimum absolute atomic E-state index is 0.904. The van der Waals surface area contributed by atoms with Gasteiger partial charge >= 0.3 is 0 Å². The molecule has 9 unspecified atom stereocenters. The fourth-order valence-corrected chi connectivity index (χ4v) is 10.5. The summed E-state index contributed by atoms with van der Waals surface area (Å²) in [6.45, 7) is 2.74. The molecule has 0 heterocycles. The Morgan fingerprint density at radius 2 is 1.53 bits per heavy atom. The molecule has 0 saturated heterocycles. The monoisotopic (exact) mass is 198 g/mol. The highest BCUT2D eigenvalue weighted by Gasteiger charge is 3.11. The van der Waals surface area contributed by atoms with Crippen LogP contribution in [-0.2, 0) is 0 Å². The van der Waals surface area contributed by atoms with Gasteiger partial charge in [0.05, 0.1) is 0 Å². The Labute approximate surface area is 90.8 Å². The van der Waals surface area contributed by atoms with Gasteiger partial charge in [0.1, 0.15) is 0 Å². The van der Waals surface area contributed by atoms with Gasteiger partial charge in [-0.25, -0.2) is 0 Å². The van der Waals surface area contributed by atoms with Crippen LogP contribution in [0.4, 0.5) is 0 Å². The molecule has 0 bridgehead atoms. The summed E-state index contributed by atoms with van der Waals surface area (Å²) in [5, 5.41) is 0. The van der Waals surface area contributed by atoms with Crippen LogP contribution in [0.15, 0.2) is 0 Å². The third kappa shape index (κ3) is 0.238. The quantitative estimate of drug-likeness (QED) is 0.561. The van der Waals surface area contributed by atoms with Gasteiger partial charge in [-0.2, -0.15) is 0 Å². The van der Waals surface area contributed by atoms with Crippen molar-refractivity contribution in [3.8, 4) is 0 Å². The van der Waals surface area contributed by atoms with E-state index in [2.05, 4.69) is 6.92 Å². The third-order valence-corrected chi connectivity index (χ3v) is 9.93. The largest absolute Gasteiger partial charge is 0.0582 e. The summed E-state index contributed by atoms with van der Waals surface area (Å²) >= 11 is 0. The lowest BCUT2D eigenvalue weighted by molar-refractivity contribution is -0.631. The molecule has 0 aromatic carbocycles. The van der Waals surface area contributed by atoms with E-state index in [0.29, 0.717) is 0 Å². The minimum atomic E-state index is 0.904. The van der Waals surface area contributed by atoms with E-state index >= 15 is 0 Å². The van der Waals surface area contributed by atoms with Crippen LogP contribution in [0.1, 0.15) is 39.0 Å². The standard InChI is InChI=1S/C15H18/c1-12-8-2-7-3-10-11-4-9-6-13(12,5-8)15(9,11)14(7,10)12/h7-11H,2-6H2,1H3. The zero-order chi connectivity index (χ0) is 9.42. The highest BCUT2D eigenvalue weighted by molar-refractivity contribution is 5.58. The molecule has 3 spiro atoms. The van der Waals surface area contributed by atoms with Crippen molar-refractivity contribution in [2.75, 3.05) is 0 Å². The van der Waals surface area contributed by atoms with Crippen LogP contribution >= 0.6 is 0 Å². The summed E-state index contributed by atoms with van der Waals surface area (Å²) in [5.41, 5.74) is 3.88. The van der Waals surface area contributed by atoms with Crippen LogP contribution in [0.2, 0.25) is 0 Å². The molecule has 0 nitrogen and oxygen atoms in total. The molecule has 0 aromatic heterocycles. The van der Waals surface area contributed by atoms with E-state index < -0.39 is 0 Å². The molecular weight excluding hydrogens is 180 g/mol. The Morgan fingerprint density at radius 3 is 2.40 bits per heavy atom. The van der Waals surface area contributed by atoms with Crippen LogP contribution < -0.4 is 0 Å². The summed E-state index contributed by atoms with van der Waals surface area (Å²) in [5.74, 6) is 6.18. The zero-order valence-corrected chi connectivity index (χ0v) is 9.42. The van der Waals surface area contributed by atoms with E-state index in [0.717, 1.165) is 21.7 Å². The van der Waals surface area contributed by atoms with Crippen molar-refractivity contribution in [2.24, 2.45) is 51.2 Å². The van der Waals surface area contributed by atoms with Gasteiger partial charge in [-0.1, -0.05) is 6.92 Å². The van der Waals surface area contributed by atoms with Crippen molar-refractivity contribution >= 4 is 0 Å². The summed E-state index contributed by atoms with van der Waals surface area (Å²) in [6.07, 6.45) is 8.36. The first-order valence-corrected chi connectivity index (χ1v) is 7.25. The maximum atomic E-state index is 2.74. The average Bonchev–Trinajstić information content (AvgIpc) is 2.35. The highest BCUT2D eigenvalue weighted by atomic mass is 15.1. The predicted octanol–water partition coefficient (Wildman–Crippen LogP) is 3.08. The molecule has 7 saturated carbocycles. The molecule has 9 atom stereocenters. The summed E-state index contributed by atoms with van der Waals surface area (Å²) < 4.78 is 0. The Bertz CT molecular complexity index is 474. The van der Waals surface area contributed by atoms with E-state index in [4.69, 9.17) is 0 Å². The lowest BCUT2D eigenvalue weighted by Crippen LogP contribution is -3.05. The van der Waals surface area contributed by atoms with Gasteiger partial charge in [-0.3, -0.25) is 0 Å². The second-order valence-corrected chi connectivity index (χ2v) is 8.44. The molecule has 78 valence electrons. The molecule has 0 N–H and O–H groups in total. The fraction of sp³-hybridized carbons (Fsp3) is 1.00. The highest BCUT2D eigenvalue weighted by Crippen LogP contribution is 3.16. The molecule has 0 aliphatic heterocycles. The van der Waals surface area contributed by atoms with Gasteiger partial charge in [0.25, 0.3) is 0 Å². The van der Waals surface area contributed by atoms with Crippen LogP contribution in [-0.4, -0.2) is 0 Å². The molecule has 7 aliphatic carbocycles. The van der Waals surface area contributed by atoms with Crippen molar-refractivity contribution in [3.05, 3.63) is 0 Å². The van der Waals surface area contributed by atoms with Crippen molar-refractivity contribution in [1.82, 2.24) is 0 Å². The van der Waals surface area contributed by atoms with E-state index in [1.807, 2.05) is 0 Å². The van der Waals surface area contributed by atoms with E-state index in [1.54, 1.807) is 32.1 Å². The summed E-state index contributed by atoms with van der Waals surface area (Å²) in [4.78, 5) is 0. The van der Waals surface area contributed by atoms with E-state index in [9.17, 15) is 0 Å². The molecule has 7 fully saturated rings. The van der Waals surface area contributed by atoms with Crippen molar-refractivity contribution in [2.45, 2.75) is 39.0 Å². The lowest BCUT2D eigenvalue weighted by Gasteiger charge is -3.10. The normalized spacial score (nSPS) is 95.4. The number of hydrogen-bond acceptors (Lipinski definition) is 0. The zero-order valence-electron chi connectivity index (χ0n) is 9.42. The topological polar surface area (TPSA) is 0 Å². The Kier molecular flexibility index (Phi) is 0.543. The molecule has 15 heavy (non-hydrogen) atoms. The van der Waals surface area contributed by atoms with Crippen molar-refractivity contribution < 1.29 is 0 Å². The number of rotatable bonds is 0. The predicted molar refractivity (Wildman–Crippen MR) is 55.9 cm³/mol. The molecule has 7 aliphatic rings. The van der Waals surface area contributed by atoms with Gasteiger partial charge in [0.2, 0.25) is 0 Å². The van der Waals surface area contributed by atoms with Crippen LogP contribution in [0, 0.1) is 51.2 Å². The molecule has 7 rings (SSSR count). The first kappa shape index (κ1) is 6.67. The van der Waals surface area contributed by atoms with Gasteiger partial charge in [-0.05, 0) is 83.4 Å². The van der Waals surface area contributed by atoms with Gasteiger partial charge < -0.3 is 0 Å². The third-order valence-electron chi connectivity index (χ3n) is 9.93. The maximum absolute atomic E-state index is 2.74. The van der Waals surface area contributed by atoms with E-state index in [1.165, 1.54) is 29.6 Å². The average molecular weight is 198 g/mol. The second-order valence-electron chi connectivity index (χ2n) is 8.44. The molecule has 0 heteroatoms. The summed E-state index contributed by atoms with van der Waals surface area (Å²) in [7, 11) is 0.